The van der Waals surface area contributed by atoms with E-state index < -0.39 is 30.6 Å². The average molecular weight is 356 g/mol. The maximum atomic E-state index is 10.6. The maximum Gasteiger partial charge on any atom is 0.204 e. The Morgan fingerprint density at radius 3 is 2.42 bits per heavy atom. The van der Waals surface area contributed by atoms with Gasteiger partial charge in [-0.2, -0.15) is 0 Å². The maximum absolute atomic E-state index is 10.6. The van der Waals surface area contributed by atoms with Gasteiger partial charge in [0.1, 0.15) is 18.3 Å². The Bertz CT molecular complexity index is 735. The summed E-state index contributed by atoms with van der Waals surface area (Å²) < 4.78 is 5.78. The summed E-state index contributed by atoms with van der Waals surface area (Å²) >= 11 is 0. The summed E-state index contributed by atoms with van der Waals surface area (Å²) in [6, 6.07) is 17.2. The van der Waals surface area contributed by atoms with Gasteiger partial charge in [0, 0.05) is 11.9 Å². The second-order valence-corrected chi connectivity index (χ2v) is 6.51. The van der Waals surface area contributed by atoms with E-state index in [4.69, 9.17) is 4.74 Å². The monoisotopic (exact) mass is 356 g/mol. The average Bonchev–Trinajstić information content (AvgIpc) is 2.92. The van der Waals surface area contributed by atoms with Crippen molar-refractivity contribution in [2.75, 3.05) is 18.5 Å². The van der Waals surface area contributed by atoms with E-state index in [-0.39, 0.29) is 6.54 Å². The number of anilines is 1. The number of nitrogens with one attached hydrogen (secondary N) is 1. The van der Waals surface area contributed by atoms with Crippen LogP contribution in [0.4, 0.5) is 5.69 Å². The van der Waals surface area contributed by atoms with Gasteiger partial charge in [0.25, 0.3) is 0 Å². The number of hydrogen-bond donors (Lipinski definition) is 4. The first kappa shape index (κ1) is 18.5. The number of aliphatic imine (C=N–C) groups is 1. The van der Waals surface area contributed by atoms with Gasteiger partial charge in [-0.1, -0.05) is 48.0 Å². The molecule has 0 aliphatic carbocycles. The number of ether oxygens (including phenoxy) is 1. The van der Waals surface area contributed by atoms with Crippen LogP contribution in [-0.2, 0) is 4.74 Å². The van der Waals surface area contributed by atoms with E-state index in [1.165, 1.54) is 0 Å². The molecule has 1 saturated heterocycles. The number of rotatable bonds is 6. The molecule has 6 heteroatoms. The fourth-order valence-corrected chi connectivity index (χ4v) is 2.94. The van der Waals surface area contributed by atoms with Crippen molar-refractivity contribution in [2.45, 2.75) is 31.0 Å². The summed E-state index contributed by atoms with van der Waals surface area (Å²) in [5, 5.41) is 33.4. The van der Waals surface area contributed by atoms with Gasteiger partial charge in [-0.05, 0) is 24.6 Å². The fraction of sp³-hybridized carbons (Fsp3) is 0.350. The summed E-state index contributed by atoms with van der Waals surface area (Å²) in [4.78, 5) is 4.46. The number of hydrogen-bond acceptors (Lipinski definition) is 6. The van der Waals surface area contributed by atoms with Gasteiger partial charge < -0.3 is 25.4 Å². The molecule has 0 unspecified atom stereocenters. The minimum absolute atomic E-state index is 0.147. The Labute approximate surface area is 152 Å². The van der Waals surface area contributed by atoms with Gasteiger partial charge in [0.2, 0.25) is 5.72 Å². The van der Waals surface area contributed by atoms with Crippen LogP contribution in [0.3, 0.4) is 0 Å². The smallest absolute Gasteiger partial charge is 0.204 e. The highest BCUT2D eigenvalue weighted by Gasteiger charge is 2.53. The zero-order valence-electron chi connectivity index (χ0n) is 14.6. The molecule has 3 rings (SSSR count). The lowest BCUT2D eigenvalue weighted by molar-refractivity contribution is -0.0779. The summed E-state index contributed by atoms with van der Waals surface area (Å²) in [5.41, 5.74) is 1.44. The quantitative estimate of drug-likeness (QED) is 0.586. The SMILES string of the molecule is Cc1ccc(NC[C@@]2(N=Cc3ccccc3)O[C@@H](CO)[C@@H](O)[C@H]2O)cc1. The Morgan fingerprint density at radius 1 is 1.12 bits per heavy atom. The van der Waals surface area contributed by atoms with E-state index in [0.717, 1.165) is 16.8 Å². The molecule has 1 fully saturated rings. The zero-order chi connectivity index (χ0) is 18.6. The fourth-order valence-electron chi connectivity index (χ4n) is 2.94. The summed E-state index contributed by atoms with van der Waals surface area (Å²) in [6.45, 7) is 1.75. The van der Waals surface area contributed by atoms with Crippen LogP contribution in [0.25, 0.3) is 0 Å². The molecule has 2 aromatic rings. The van der Waals surface area contributed by atoms with Crippen molar-refractivity contribution >= 4 is 11.9 Å². The number of aryl methyl sites for hydroxylation is 1. The topological polar surface area (TPSA) is 94.3 Å². The first-order valence-electron chi connectivity index (χ1n) is 8.60. The molecule has 2 aromatic carbocycles. The minimum atomic E-state index is -1.40. The number of aliphatic hydroxyl groups is 3. The van der Waals surface area contributed by atoms with E-state index in [1.54, 1.807) is 6.21 Å². The molecule has 1 heterocycles. The van der Waals surface area contributed by atoms with Crippen molar-refractivity contribution < 1.29 is 20.1 Å². The largest absolute Gasteiger partial charge is 0.394 e. The van der Waals surface area contributed by atoms with Crippen molar-refractivity contribution in [1.29, 1.82) is 0 Å². The lowest BCUT2D eigenvalue weighted by Crippen LogP contribution is -2.47. The second kappa shape index (κ2) is 7.97. The van der Waals surface area contributed by atoms with Crippen LogP contribution < -0.4 is 5.32 Å². The van der Waals surface area contributed by atoms with Gasteiger partial charge in [-0.15, -0.1) is 0 Å². The molecule has 0 saturated carbocycles. The lowest BCUT2D eigenvalue weighted by Gasteiger charge is -2.28. The van der Waals surface area contributed by atoms with Crippen LogP contribution in [0.1, 0.15) is 11.1 Å². The van der Waals surface area contributed by atoms with E-state index in [9.17, 15) is 15.3 Å². The van der Waals surface area contributed by atoms with Crippen LogP contribution in [0.5, 0.6) is 0 Å². The molecule has 26 heavy (non-hydrogen) atoms. The zero-order valence-corrected chi connectivity index (χ0v) is 14.6. The molecule has 6 nitrogen and oxygen atoms in total. The third kappa shape index (κ3) is 3.94. The third-order valence-corrected chi connectivity index (χ3v) is 4.53. The molecule has 1 aliphatic heterocycles. The van der Waals surface area contributed by atoms with Crippen molar-refractivity contribution in [3.63, 3.8) is 0 Å². The number of benzene rings is 2. The second-order valence-electron chi connectivity index (χ2n) is 6.51. The Morgan fingerprint density at radius 2 is 1.81 bits per heavy atom. The predicted molar refractivity (Wildman–Crippen MR) is 100 cm³/mol. The van der Waals surface area contributed by atoms with Gasteiger partial charge in [0.15, 0.2) is 0 Å². The summed E-state index contributed by atoms with van der Waals surface area (Å²) in [5.74, 6) is 0. The molecule has 4 N–H and O–H groups in total. The Kier molecular flexibility index (Phi) is 5.68. The highest BCUT2D eigenvalue weighted by atomic mass is 16.6. The van der Waals surface area contributed by atoms with E-state index in [1.807, 2.05) is 61.5 Å². The van der Waals surface area contributed by atoms with Crippen LogP contribution in [0.2, 0.25) is 0 Å². The summed E-state index contributed by atoms with van der Waals surface area (Å²) in [7, 11) is 0. The molecule has 0 spiro atoms. The van der Waals surface area contributed by atoms with Gasteiger partial charge in [-0.3, -0.25) is 4.99 Å². The molecule has 0 radical (unpaired) electrons. The molecule has 0 bridgehead atoms. The first-order chi connectivity index (χ1) is 12.5. The van der Waals surface area contributed by atoms with E-state index in [2.05, 4.69) is 10.3 Å². The minimum Gasteiger partial charge on any atom is -0.394 e. The van der Waals surface area contributed by atoms with Crippen molar-refractivity contribution in [3.8, 4) is 0 Å². The lowest BCUT2D eigenvalue weighted by atomic mass is 10.0. The van der Waals surface area contributed by atoms with Crippen LogP contribution in [0, 0.1) is 6.92 Å². The number of nitrogens with zero attached hydrogens (tertiary/aromatic N) is 1. The highest BCUT2D eigenvalue weighted by molar-refractivity contribution is 5.79. The van der Waals surface area contributed by atoms with Crippen molar-refractivity contribution in [3.05, 3.63) is 65.7 Å². The van der Waals surface area contributed by atoms with E-state index >= 15 is 0 Å². The molecule has 0 amide bonds. The molecular formula is C20H24N2O4. The van der Waals surface area contributed by atoms with Gasteiger partial charge in [0.05, 0.1) is 13.2 Å². The van der Waals surface area contributed by atoms with Gasteiger partial charge in [-0.25, -0.2) is 0 Å². The Hall–Kier alpha value is -2.25. The van der Waals surface area contributed by atoms with Crippen molar-refractivity contribution in [1.82, 2.24) is 0 Å². The molecule has 4 atom stereocenters. The standard InChI is InChI=1S/C20H24N2O4/c1-14-7-9-16(10-8-14)21-13-20(19(25)18(24)17(12-23)26-20)22-11-15-5-3-2-4-6-15/h2-11,17-19,21,23-25H,12-13H2,1H3/t17-,18+,19+,20+/m0/s1. The normalized spacial score (nSPS) is 28.5. The third-order valence-electron chi connectivity index (χ3n) is 4.53. The molecule has 138 valence electrons. The summed E-state index contributed by atoms with van der Waals surface area (Å²) in [6.07, 6.45) is -1.77. The number of aliphatic hydroxyl groups excluding tert-OH is 3. The highest BCUT2D eigenvalue weighted by Crippen LogP contribution is 2.33. The molecular weight excluding hydrogens is 332 g/mol. The van der Waals surface area contributed by atoms with Crippen LogP contribution in [0.15, 0.2) is 59.6 Å². The Balaban J connectivity index is 1.84. The molecule has 0 aromatic heterocycles. The molecule has 1 aliphatic rings. The first-order valence-corrected chi connectivity index (χ1v) is 8.60. The van der Waals surface area contributed by atoms with E-state index in [0.29, 0.717) is 0 Å². The van der Waals surface area contributed by atoms with Crippen molar-refractivity contribution in [2.24, 2.45) is 4.99 Å². The predicted octanol–water partition coefficient (Wildman–Crippen LogP) is 1.34. The van der Waals surface area contributed by atoms with Crippen LogP contribution in [-0.4, -0.2) is 58.7 Å². The van der Waals surface area contributed by atoms with Crippen LogP contribution >= 0.6 is 0 Å². The van der Waals surface area contributed by atoms with Gasteiger partial charge >= 0.3 is 0 Å².